The molecular weight excluding hydrogens is 751 g/mol. The van der Waals surface area contributed by atoms with E-state index in [2.05, 4.69) is 78.9 Å². The summed E-state index contributed by atoms with van der Waals surface area (Å²) in [6.07, 6.45) is 6.36. The molecule has 0 spiro atoms. The number of ether oxygens (including phenoxy) is 1. The van der Waals surface area contributed by atoms with Crippen molar-refractivity contribution in [3.63, 3.8) is 0 Å². The van der Waals surface area contributed by atoms with Gasteiger partial charge in [-0.05, 0) is 157 Å². The first kappa shape index (κ1) is 41.3. The molecule has 3 N–H and O–H groups in total. The zero-order valence-corrected chi connectivity index (χ0v) is 36.0. The van der Waals surface area contributed by atoms with Gasteiger partial charge in [0, 0.05) is 17.9 Å². The second-order valence-electron chi connectivity index (χ2n) is 18.4. The number of carbonyl (C=O) groups excluding carboxylic acids is 4. The van der Waals surface area contributed by atoms with Crippen LogP contribution in [0.15, 0.2) is 78.9 Å². The van der Waals surface area contributed by atoms with Gasteiger partial charge in [-0.3, -0.25) is 19.3 Å². The Labute approximate surface area is 354 Å². The fraction of sp³-hybridized carbons (Fsp3) is 0.440. The molecule has 4 aromatic rings. The van der Waals surface area contributed by atoms with Crippen LogP contribution in [0.25, 0.3) is 22.3 Å². The van der Waals surface area contributed by atoms with E-state index in [1.807, 2.05) is 43.4 Å². The molecule has 0 saturated carbocycles. The van der Waals surface area contributed by atoms with Crippen LogP contribution in [0.5, 0.6) is 0 Å². The van der Waals surface area contributed by atoms with Gasteiger partial charge in [0.1, 0.15) is 12.1 Å². The number of anilines is 2. The van der Waals surface area contributed by atoms with E-state index in [0.29, 0.717) is 30.6 Å². The van der Waals surface area contributed by atoms with Gasteiger partial charge in [0.2, 0.25) is 11.8 Å². The Bertz CT molecular complexity index is 2320. The summed E-state index contributed by atoms with van der Waals surface area (Å²) in [5.74, 6) is -0.535. The number of likely N-dealkylation sites (tertiary alicyclic amines) is 2. The number of likely N-dealkylation sites (N-methyl/N-ethyl adjacent to an activating group) is 1. The first-order valence-corrected chi connectivity index (χ1v) is 21.8. The van der Waals surface area contributed by atoms with E-state index in [0.717, 1.165) is 61.9 Å². The number of nitrogens with zero attached hydrogens (tertiary/aromatic N) is 2. The standard InChI is InChI=1S/C50H59N5O5/c1-7-60-48(59)53-44(31-15-9-8-10-16-31)47(58)55-28-14-22-39(55)46(57)52-35-20-12-18-33(30-35)41-37-24-26-49(2,3)42(37)40(36-23-25-50(4,5)43(36)41)32-17-11-19-34(29-32)51-45(56)38-21-13-27-54(38)6/h8-12,15-20,29-30,38-39,44H,7,13-14,21-28H2,1-6H3,(H,51,56)(H,52,57)(H,53,59). The molecule has 2 aliphatic heterocycles. The summed E-state index contributed by atoms with van der Waals surface area (Å²) in [4.78, 5) is 58.0. The maximum atomic E-state index is 14.2. The van der Waals surface area contributed by atoms with Crippen molar-refractivity contribution in [2.75, 3.05) is 37.4 Å². The highest BCUT2D eigenvalue weighted by Crippen LogP contribution is 2.56. The highest BCUT2D eigenvalue weighted by molar-refractivity contribution is 6.00. The average Bonchev–Trinajstić information content (AvgIpc) is 4.03. The minimum Gasteiger partial charge on any atom is -0.450 e. The summed E-state index contributed by atoms with van der Waals surface area (Å²) in [5, 5.41) is 9.17. The van der Waals surface area contributed by atoms with E-state index in [1.54, 1.807) is 24.0 Å². The summed E-state index contributed by atoms with van der Waals surface area (Å²) < 4.78 is 5.14. The third kappa shape index (κ3) is 7.82. The monoisotopic (exact) mass is 809 g/mol. The van der Waals surface area contributed by atoms with Crippen LogP contribution in [-0.4, -0.2) is 72.4 Å². The number of hydrogen-bond acceptors (Lipinski definition) is 6. The molecule has 2 saturated heterocycles. The molecule has 2 heterocycles. The lowest BCUT2D eigenvalue weighted by atomic mass is 9.73. The minimum absolute atomic E-state index is 0.0565. The molecule has 314 valence electrons. The lowest BCUT2D eigenvalue weighted by molar-refractivity contribution is -0.138. The van der Waals surface area contributed by atoms with E-state index >= 15 is 0 Å². The predicted octanol–water partition coefficient (Wildman–Crippen LogP) is 8.92. The number of fused-ring (bicyclic) bond motifs is 2. The summed E-state index contributed by atoms with van der Waals surface area (Å²) in [7, 11) is 2.03. The van der Waals surface area contributed by atoms with Gasteiger partial charge in [0.15, 0.2) is 0 Å². The van der Waals surface area contributed by atoms with Crippen molar-refractivity contribution < 1.29 is 23.9 Å². The van der Waals surface area contributed by atoms with E-state index in [9.17, 15) is 19.2 Å². The number of hydrogen-bond donors (Lipinski definition) is 3. The lowest BCUT2D eigenvalue weighted by Crippen LogP contribution is -2.48. The fourth-order valence-electron chi connectivity index (χ4n) is 10.5. The van der Waals surface area contributed by atoms with Crippen LogP contribution < -0.4 is 16.0 Å². The Hall–Kier alpha value is -5.48. The van der Waals surface area contributed by atoms with Gasteiger partial charge in [-0.2, -0.15) is 0 Å². The number of carbonyl (C=O) groups is 4. The van der Waals surface area contributed by atoms with Crippen molar-refractivity contribution in [2.45, 2.75) is 115 Å². The molecule has 4 aliphatic rings. The predicted molar refractivity (Wildman–Crippen MR) is 237 cm³/mol. The largest absolute Gasteiger partial charge is 0.450 e. The van der Waals surface area contributed by atoms with Gasteiger partial charge >= 0.3 is 6.09 Å². The zero-order valence-electron chi connectivity index (χ0n) is 36.0. The molecule has 10 heteroatoms. The number of alkyl carbamates (subject to hydrolysis) is 1. The van der Waals surface area contributed by atoms with Crippen molar-refractivity contribution in [3.05, 3.63) is 107 Å². The molecule has 0 radical (unpaired) electrons. The third-order valence-electron chi connectivity index (χ3n) is 13.5. The van der Waals surface area contributed by atoms with Crippen molar-refractivity contribution in [2.24, 2.45) is 0 Å². The molecule has 8 rings (SSSR count). The Morgan fingerprint density at radius 3 is 1.78 bits per heavy atom. The molecule has 4 amide bonds. The molecule has 10 nitrogen and oxygen atoms in total. The Morgan fingerprint density at radius 1 is 0.717 bits per heavy atom. The van der Waals surface area contributed by atoms with Crippen LogP contribution in [0, 0.1) is 0 Å². The highest BCUT2D eigenvalue weighted by Gasteiger charge is 2.44. The maximum Gasteiger partial charge on any atom is 0.408 e. The SMILES string of the molecule is CCOC(=O)NC(C(=O)N1CCCC1C(=O)Nc1cccc(-c2c3c(c(-c4cccc(NC(=O)C5CCCN5C)c4)c4c2C(C)(C)CC4)C(C)(C)CC3)c1)c1ccccc1. The zero-order chi connectivity index (χ0) is 42.3. The Morgan fingerprint density at radius 2 is 1.25 bits per heavy atom. The fourth-order valence-corrected chi connectivity index (χ4v) is 10.5. The summed E-state index contributed by atoms with van der Waals surface area (Å²) in [6.45, 7) is 12.7. The van der Waals surface area contributed by atoms with Crippen molar-refractivity contribution in [1.29, 1.82) is 0 Å². The van der Waals surface area contributed by atoms with Crippen LogP contribution in [0.3, 0.4) is 0 Å². The highest BCUT2D eigenvalue weighted by atomic mass is 16.5. The quantitative estimate of drug-likeness (QED) is 0.147. The maximum absolute atomic E-state index is 14.2. The number of benzene rings is 4. The number of rotatable bonds is 10. The molecule has 2 fully saturated rings. The topological polar surface area (TPSA) is 120 Å². The van der Waals surface area contributed by atoms with E-state index < -0.39 is 18.2 Å². The second-order valence-corrected chi connectivity index (χ2v) is 18.4. The Balaban J connectivity index is 1.12. The molecule has 0 aromatic heterocycles. The van der Waals surface area contributed by atoms with Crippen LogP contribution in [0.1, 0.15) is 107 Å². The number of amides is 4. The van der Waals surface area contributed by atoms with Crippen LogP contribution in [-0.2, 0) is 42.8 Å². The van der Waals surface area contributed by atoms with E-state index in [4.69, 9.17) is 4.74 Å². The third-order valence-corrected chi connectivity index (χ3v) is 13.5. The van der Waals surface area contributed by atoms with Gasteiger partial charge < -0.3 is 25.6 Å². The van der Waals surface area contributed by atoms with Crippen LogP contribution in [0.2, 0.25) is 0 Å². The molecule has 3 atom stereocenters. The van der Waals surface area contributed by atoms with Crippen LogP contribution >= 0.6 is 0 Å². The molecule has 3 unspecified atom stereocenters. The van der Waals surface area contributed by atoms with E-state index in [1.165, 1.54) is 33.4 Å². The van der Waals surface area contributed by atoms with Gasteiger partial charge in [0.25, 0.3) is 5.91 Å². The average molecular weight is 810 g/mol. The number of nitrogens with one attached hydrogen (secondary N) is 3. The summed E-state index contributed by atoms with van der Waals surface area (Å²) in [6, 6.07) is 23.9. The van der Waals surface area contributed by atoms with Gasteiger partial charge in [0.05, 0.1) is 12.6 Å². The molecule has 60 heavy (non-hydrogen) atoms. The molecular formula is C50H59N5O5. The molecule has 2 aliphatic carbocycles. The Kier molecular flexibility index (Phi) is 11.4. The van der Waals surface area contributed by atoms with Crippen LogP contribution in [0.4, 0.5) is 16.2 Å². The van der Waals surface area contributed by atoms with Gasteiger partial charge in [-0.25, -0.2) is 4.79 Å². The molecule has 0 bridgehead atoms. The summed E-state index contributed by atoms with van der Waals surface area (Å²) >= 11 is 0. The first-order valence-electron chi connectivity index (χ1n) is 21.8. The smallest absolute Gasteiger partial charge is 0.408 e. The minimum atomic E-state index is -0.984. The van der Waals surface area contributed by atoms with E-state index in [-0.39, 0.29) is 41.2 Å². The molecule has 4 aromatic carbocycles. The van der Waals surface area contributed by atoms with Crippen molar-refractivity contribution >= 4 is 35.2 Å². The van der Waals surface area contributed by atoms with Crippen molar-refractivity contribution in [1.82, 2.24) is 15.1 Å². The van der Waals surface area contributed by atoms with Gasteiger partial charge in [-0.15, -0.1) is 0 Å². The first-order chi connectivity index (χ1) is 28.8. The van der Waals surface area contributed by atoms with Gasteiger partial charge in [-0.1, -0.05) is 82.3 Å². The lowest BCUT2D eigenvalue weighted by Gasteiger charge is -2.31. The normalized spacial score (nSPS) is 20.6. The summed E-state index contributed by atoms with van der Waals surface area (Å²) in [5.41, 5.74) is 12.3. The second kappa shape index (κ2) is 16.5. The van der Waals surface area contributed by atoms with Crippen molar-refractivity contribution in [3.8, 4) is 22.3 Å².